The van der Waals surface area contributed by atoms with Gasteiger partial charge in [0, 0.05) is 11.1 Å². The zero-order chi connectivity index (χ0) is 12.8. The molecule has 0 fully saturated rings. The Morgan fingerprint density at radius 3 is 2.42 bits per heavy atom. The van der Waals surface area contributed by atoms with Crippen molar-refractivity contribution in [3.05, 3.63) is 64.5 Å². The molecule has 4 rings (SSSR count). The van der Waals surface area contributed by atoms with E-state index >= 15 is 0 Å². The molecule has 3 heteroatoms. The Kier molecular flexibility index (Phi) is 2.50. The zero-order valence-corrected chi connectivity index (χ0v) is 12.4. The van der Waals surface area contributed by atoms with E-state index in [2.05, 4.69) is 81.2 Å². The average Bonchev–Trinajstić information content (AvgIpc) is 2.95. The molecule has 0 unspecified atom stereocenters. The van der Waals surface area contributed by atoms with Crippen molar-refractivity contribution in [2.45, 2.75) is 0 Å². The van der Waals surface area contributed by atoms with Crippen LogP contribution in [-0.4, -0.2) is 4.57 Å². The van der Waals surface area contributed by atoms with Crippen LogP contribution in [0.25, 0.3) is 26.8 Å². The Hall–Kier alpha value is -1.58. The third-order valence-corrected chi connectivity index (χ3v) is 4.99. The van der Waals surface area contributed by atoms with Crippen molar-refractivity contribution >= 4 is 48.4 Å². The predicted molar refractivity (Wildman–Crippen MR) is 86.4 cm³/mol. The highest BCUT2D eigenvalue weighted by Crippen LogP contribution is 2.39. The summed E-state index contributed by atoms with van der Waals surface area (Å²) in [7, 11) is 0. The van der Waals surface area contributed by atoms with E-state index in [1.54, 1.807) is 11.3 Å². The molecule has 19 heavy (non-hydrogen) atoms. The first kappa shape index (κ1) is 11.3. The van der Waals surface area contributed by atoms with Crippen molar-refractivity contribution in [3.8, 4) is 5.69 Å². The van der Waals surface area contributed by atoms with E-state index in [4.69, 9.17) is 0 Å². The molecule has 2 heterocycles. The normalized spacial score (nSPS) is 11.4. The van der Waals surface area contributed by atoms with Gasteiger partial charge in [0.25, 0.3) is 0 Å². The molecule has 0 aliphatic rings. The largest absolute Gasteiger partial charge is 0.308 e. The molecule has 0 aliphatic carbocycles. The summed E-state index contributed by atoms with van der Waals surface area (Å²) in [5, 5.41) is 1.32. The lowest BCUT2D eigenvalue weighted by molar-refractivity contribution is 1.18. The maximum absolute atomic E-state index is 3.60. The molecular weight excluding hydrogens is 318 g/mol. The average molecular weight is 328 g/mol. The second-order valence-corrected chi connectivity index (χ2v) is 6.88. The topological polar surface area (TPSA) is 4.93 Å². The molecule has 0 bridgehead atoms. The first-order valence-electron chi connectivity index (χ1n) is 6.08. The monoisotopic (exact) mass is 327 g/mol. The number of halogens is 1. The van der Waals surface area contributed by atoms with Crippen LogP contribution >= 0.6 is 27.3 Å². The van der Waals surface area contributed by atoms with Crippen molar-refractivity contribution in [2.75, 3.05) is 0 Å². The van der Waals surface area contributed by atoms with Crippen LogP contribution in [0.2, 0.25) is 0 Å². The minimum atomic E-state index is 1.17. The van der Waals surface area contributed by atoms with Crippen LogP contribution in [0.15, 0.2) is 64.5 Å². The fraction of sp³-hybridized carbons (Fsp3) is 0. The van der Waals surface area contributed by atoms with Crippen LogP contribution in [0.4, 0.5) is 0 Å². The first-order chi connectivity index (χ1) is 9.34. The highest BCUT2D eigenvalue weighted by Gasteiger charge is 2.13. The predicted octanol–water partition coefficient (Wildman–Crippen LogP) is 5.61. The number of para-hydroxylation sites is 2. The quantitative estimate of drug-likeness (QED) is 0.428. The van der Waals surface area contributed by atoms with E-state index in [0.29, 0.717) is 0 Å². The molecule has 0 spiro atoms. The van der Waals surface area contributed by atoms with Gasteiger partial charge in [-0.25, -0.2) is 0 Å². The van der Waals surface area contributed by atoms with E-state index in [1.807, 2.05) is 0 Å². The molecule has 0 radical (unpaired) electrons. The van der Waals surface area contributed by atoms with Crippen LogP contribution in [0.5, 0.6) is 0 Å². The summed E-state index contributed by atoms with van der Waals surface area (Å²) in [6.07, 6.45) is 0. The maximum Gasteiger partial charge on any atom is 0.0726 e. The van der Waals surface area contributed by atoms with Crippen LogP contribution in [-0.2, 0) is 0 Å². The molecule has 0 saturated heterocycles. The number of nitrogens with zero attached hydrogens (tertiary/aromatic N) is 1. The smallest absolute Gasteiger partial charge is 0.0726 e. The minimum Gasteiger partial charge on any atom is -0.308 e. The highest BCUT2D eigenvalue weighted by atomic mass is 79.9. The van der Waals surface area contributed by atoms with Gasteiger partial charge in [-0.3, -0.25) is 0 Å². The van der Waals surface area contributed by atoms with E-state index in [1.165, 1.54) is 30.6 Å². The van der Waals surface area contributed by atoms with Gasteiger partial charge in [-0.15, -0.1) is 11.3 Å². The Morgan fingerprint density at radius 1 is 0.842 bits per heavy atom. The van der Waals surface area contributed by atoms with Crippen molar-refractivity contribution in [1.29, 1.82) is 0 Å². The van der Waals surface area contributed by atoms with Gasteiger partial charge in [0.1, 0.15) is 0 Å². The number of rotatable bonds is 1. The van der Waals surface area contributed by atoms with Gasteiger partial charge in [0.15, 0.2) is 0 Å². The number of hydrogen-bond donors (Lipinski definition) is 0. The molecule has 0 saturated carbocycles. The van der Waals surface area contributed by atoms with Gasteiger partial charge in [-0.1, -0.05) is 36.4 Å². The second-order valence-electron chi connectivity index (χ2n) is 4.45. The van der Waals surface area contributed by atoms with Gasteiger partial charge in [0.05, 0.1) is 19.5 Å². The van der Waals surface area contributed by atoms with Crippen molar-refractivity contribution in [1.82, 2.24) is 4.57 Å². The fourth-order valence-corrected chi connectivity index (χ4v) is 4.16. The fourth-order valence-electron chi connectivity index (χ4n) is 2.56. The van der Waals surface area contributed by atoms with Crippen molar-refractivity contribution in [2.24, 2.45) is 0 Å². The van der Waals surface area contributed by atoms with E-state index < -0.39 is 0 Å². The van der Waals surface area contributed by atoms with Crippen LogP contribution in [0, 0.1) is 0 Å². The molecule has 4 aromatic rings. The van der Waals surface area contributed by atoms with Crippen molar-refractivity contribution in [3.63, 3.8) is 0 Å². The number of benzene rings is 2. The summed E-state index contributed by atoms with van der Waals surface area (Å²) in [6.45, 7) is 0. The zero-order valence-electron chi connectivity index (χ0n) is 10.0. The SMILES string of the molecule is Brc1cc2c(s1)c1ccccc1n2-c1ccccc1. The second kappa shape index (κ2) is 4.22. The first-order valence-corrected chi connectivity index (χ1v) is 7.69. The van der Waals surface area contributed by atoms with Crippen molar-refractivity contribution < 1.29 is 0 Å². The molecule has 0 aliphatic heterocycles. The van der Waals surface area contributed by atoms with Gasteiger partial charge in [0.2, 0.25) is 0 Å². The lowest BCUT2D eigenvalue weighted by Gasteiger charge is -2.06. The summed E-state index contributed by atoms with van der Waals surface area (Å²) >= 11 is 5.39. The van der Waals surface area contributed by atoms with E-state index in [0.717, 1.165) is 0 Å². The van der Waals surface area contributed by atoms with Gasteiger partial charge in [-0.2, -0.15) is 0 Å². The number of hydrogen-bond acceptors (Lipinski definition) is 1. The van der Waals surface area contributed by atoms with Crippen LogP contribution < -0.4 is 0 Å². The summed E-state index contributed by atoms with van der Waals surface area (Å²) in [5.74, 6) is 0. The van der Waals surface area contributed by atoms with Gasteiger partial charge in [-0.05, 0) is 40.2 Å². The molecule has 2 aromatic carbocycles. The minimum absolute atomic E-state index is 1.17. The molecule has 2 aromatic heterocycles. The van der Waals surface area contributed by atoms with Gasteiger partial charge >= 0.3 is 0 Å². The lowest BCUT2D eigenvalue weighted by Crippen LogP contribution is -1.91. The molecule has 0 atom stereocenters. The van der Waals surface area contributed by atoms with E-state index in [9.17, 15) is 0 Å². The Morgan fingerprint density at radius 2 is 1.58 bits per heavy atom. The molecule has 0 amide bonds. The molecule has 0 N–H and O–H groups in total. The van der Waals surface area contributed by atoms with Crippen LogP contribution in [0.3, 0.4) is 0 Å². The molecule has 92 valence electrons. The highest BCUT2D eigenvalue weighted by molar-refractivity contribution is 9.11. The standard InChI is InChI=1S/C16H10BrNS/c17-15-10-14-16(19-15)12-8-4-5-9-13(12)18(14)11-6-2-1-3-7-11/h1-10H. The van der Waals surface area contributed by atoms with Gasteiger partial charge < -0.3 is 4.57 Å². The summed E-state index contributed by atoms with van der Waals surface area (Å²) in [4.78, 5) is 0. The number of fused-ring (bicyclic) bond motifs is 3. The van der Waals surface area contributed by atoms with E-state index in [-0.39, 0.29) is 0 Å². The lowest BCUT2D eigenvalue weighted by atomic mass is 10.2. The maximum atomic E-state index is 3.60. The molecular formula is C16H10BrNS. The third-order valence-electron chi connectivity index (χ3n) is 3.33. The Balaban J connectivity index is 2.22. The third kappa shape index (κ3) is 1.66. The summed E-state index contributed by atoms with van der Waals surface area (Å²) in [5.41, 5.74) is 3.74. The van der Waals surface area contributed by atoms with Crippen LogP contribution in [0.1, 0.15) is 0 Å². The number of thiophene rings is 1. The summed E-state index contributed by atoms with van der Waals surface area (Å²) < 4.78 is 4.84. The molecule has 1 nitrogen and oxygen atoms in total. The Bertz CT molecular complexity index is 874. The number of aromatic nitrogens is 1. The summed E-state index contributed by atoms with van der Waals surface area (Å²) in [6, 6.07) is 21.3. The Labute approximate surface area is 123 Å².